The Bertz CT molecular complexity index is 88.2. The van der Waals surface area contributed by atoms with Crippen molar-refractivity contribution in [2.45, 2.75) is 46.5 Å². The van der Waals surface area contributed by atoms with Crippen LogP contribution in [0.5, 0.6) is 0 Å². The molecule has 0 aliphatic rings. The zero-order valence-corrected chi connectivity index (χ0v) is 7.61. The van der Waals surface area contributed by atoms with Gasteiger partial charge in [-0.05, 0) is 18.8 Å². The second kappa shape index (κ2) is 5.52. The van der Waals surface area contributed by atoms with Crippen LogP contribution < -0.4 is 0 Å². The van der Waals surface area contributed by atoms with Gasteiger partial charge >= 0.3 is 0 Å². The van der Waals surface area contributed by atoms with E-state index in [-0.39, 0.29) is 0 Å². The van der Waals surface area contributed by atoms with Crippen LogP contribution in [0.15, 0.2) is 12.2 Å². The maximum Gasteiger partial charge on any atom is -0.0295 e. The fourth-order valence-corrected chi connectivity index (χ4v) is 1.13. The average Bonchev–Trinajstić information content (AvgIpc) is 1.99. The summed E-state index contributed by atoms with van der Waals surface area (Å²) >= 11 is 0. The summed E-state index contributed by atoms with van der Waals surface area (Å²) in [4.78, 5) is 0. The summed E-state index contributed by atoms with van der Waals surface area (Å²) in [5.41, 5.74) is 1.41. The molecule has 0 fully saturated rings. The van der Waals surface area contributed by atoms with Crippen LogP contribution in [0.4, 0.5) is 0 Å². The van der Waals surface area contributed by atoms with Gasteiger partial charge in [0.05, 0.1) is 0 Å². The Kier molecular flexibility index (Phi) is 5.38. The Balaban J connectivity index is 3.52. The highest BCUT2D eigenvalue weighted by Crippen LogP contribution is 2.18. The van der Waals surface area contributed by atoms with Crippen LogP contribution >= 0.6 is 0 Å². The third-order valence-electron chi connectivity index (χ3n) is 2.23. The Labute approximate surface area is 65.3 Å². The molecule has 0 heterocycles. The second-order valence-electron chi connectivity index (χ2n) is 2.99. The predicted molar refractivity (Wildman–Crippen MR) is 48.1 cm³/mol. The summed E-state index contributed by atoms with van der Waals surface area (Å²) in [5.74, 6) is 0.882. The summed E-state index contributed by atoms with van der Waals surface area (Å²) in [5, 5.41) is 0. The zero-order chi connectivity index (χ0) is 7.98. The summed E-state index contributed by atoms with van der Waals surface area (Å²) < 4.78 is 0. The fraction of sp³-hybridized carbons (Fsp3) is 0.800. The molecular weight excluding hydrogens is 120 g/mol. The first kappa shape index (κ1) is 9.74. The van der Waals surface area contributed by atoms with E-state index in [0.29, 0.717) is 0 Å². The Morgan fingerprint density at radius 1 is 1.20 bits per heavy atom. The molecule has 0 rings (SSSR count). The molecule has 0 spiro atoms. The molecule has 0 aliphatic heterocycles. The smallest absolute Gasteiger partial charge is 0.0295 e. The maximum absolute atomic E-state index is 4.01. The molecule has 0 aromatic heterocycles. The van der Waals surface area contributed by atoms with Crippen LogP contribution in [-0.4, -0.2) is 0 Å². The van der Waals surface area contributed by atoms with E-state index in [4.69, 9.17) is 0 Å². The minimum absolute atomic E-state index is 0.882. The van der Waals surface area contributed by atoms with Gasteiger partial charge in [-0.2, -0.15) is 0 Å². The van der Waals surface area contributed by atoms with Crippen molar-refractivity contribution in [3.8, 4) is 0 Å². The molecule has 0 saturated carbocycles. The van der Waals surface area contributed by atoms with Gasteiger partial charge in [0.2, 0.25) is 0 Å². The van der Waals surface area contributed by atoms with Gasteiger partial charge in [-0.1, -0.05) is 45.8 Å². The van der Waals surface area contributed by atoms with Crippen LogP contribution in [0.25, 0.3) is 0 Å². The van der Waals surface area contributed by atoms with Crippen LogP contribution in [0, 0.1) is 5.92 Å². The predicted octanol–water partition coefficient (Wildman–Crippen LogP) is 3.78. The van der Waals surface area contributed by atoms with Gasteiger partial charge in [0.25, 0.3) is 0 Å². The molecule has 0 aromatic rings. The standard InChI is InChI=1S/C10H20/c1-5-9(4)8-10(6-2)7-3/h10H,4-8H2,1-3H3. The van der Waals surface area contributed by atoms with Crippen molar-refractivity contribution in [3.05, 3.63) is 12.2 Å². The van der Waals surface area contributed by atoms with Crippen molar-refractivity contribution >= 4 is 0 Å². The van der Waals surface area contributed by atoms with Gasteiger partial charge in [0, 0.05) is 0 Å². The first-order chi connectivity index (χ1) is 4.74. The van der Waals surface area contributed by atoms with E-state index in [1.165, 1.54) is 24.8 Å². The molecule has 0 aromatic carbocycles. The summed E-state index contributed by atoms with van der Waals surface area (Å²) in [6.07, 6.45) is 4.99. The quantitative estimate of drug-likeness (QED) is 0.510. The molecule has 0 heteroatoms. The van der Waals surface area contributed by atoms with Gasteiger partial charge in [0.15, 0.2) is 0 Å². The molecule has 0 unspecified atom stereocenters. The maximum atomic E-state index is 4.01. The largest absolute Gasteiger partial charge is 0.0999 e. The lowest BCUT2D eigenvalue weighted by Gasteiger charge is -2.12. The van der Waals surface area contributed by atoms with Crippen molar-refractivity contribution in [2.75, 3.05) is 0 Å². The molecule has 0 bridgehead atoms. The van der Waals surface area contributed by atoms with E-state index in [1.54, 1.807) is 0 Å². The molecule has 0 nitrogen and oxygen atoms in total. The van der Waals surface area contributed by atoms with E-state index in [2.05, 4.69) is 27.4 Å². The van der Waals surface area contributed by atoms with Crippen LogP contribution in [-0.2, 0) is 0 Å². The topological polar surface area (TPSA) is 0 Å². The minimum atomic E-state index is 0.882. The Morgan fingerprint density at radius 2 is 1.70 bits per heavy atom. The van der Waals surface area contributed by atoms with Crippen LogP contribution in [0.3, 0.4) is 0 Å². The van der Waals surface area contributed by atoms with Crippen molar-refractivity contribution in [2.24, 2.45) is 5.92 Å². The molecular formula is C10H20. The third kappa shape index (κ3) is 3.71. The van der Waals surface area contributed by atoms with Crippen LogP contribution in [0.1, 0.15) is 46.5 Å². The normalized spacial score (nSPS) is 10.4. The first-order valence-electron chi connectivity index (χ1n) is 4.41. The number of rotatable bonds is 5. The Morgan fingerprint density at radius 3 is 2.00 bits per heavy atom. The van der Waals surface area contributed by atoms with Gasteiger partial charge < -0.3 is 0 Å². The highest BCUT2D eigenvalue weighted by Gasteiger charge is 2.03. The number of allylic oxidation sites excluding steroid dienone is 1. The van der Waals surface area contributed by atoms with Gasteiger partial charge in [0.1, 0.15) is 0 Å². The van der Waals surface area contributed by atoms with E-state index < -0.39 is 0 Å². The summed E-state index contributed by atoms with van der Waals surface area (Å²) in [7, 11) is 0. The Hall–Kier alpha value is -0.260. The van der Waals surface area contributed by atoms with E-state index in [0.717, 1.165) is 12.3 Å². The molecule has 10 heavy (non-hydrogen) atoms. The first-order valence-corrected chi connectivity index (χ1v) is 4.41. The number of hydrogen-bond acceptors (Lipinski definition) is 0. The van der Waals surface area contributed by atoms with Crippen LogP contribution in [0.2, 0.25) is 0 Å². The van der Waals surface area contributed by atoms with Gasteiger partial charge in [-0.3, -0.25) is 0 Å². The number of hydrogen-bond donors (Lipinski definition) is 0. The highest BCUT2D eigenvalue weighted by molar-refractivity contribution is 4.93. The lowest BCUT2D eigenvalue weighted by atomic mass is 9.94. The minimum Gasteiger partial charge on any atom is -0.0999 e. The summed E-state index contributed by atoms with van der Waals surface area (Å²) in [6, 6.07) is 0. The average molecular weight is 140 g/mol. The van der Waals surface area contributed by atoms with Crippen molar-refractivity contribution < 1.29 is 0 Å². The monoisotopic (exact) mass is 140 g/mol. The van der Waals surface area contributed by atoms with E-state index in [9.17, 15) is 0 Å². The molecule has 0 amide bonds. The molecule has 0 N–H and O–H groups in total. The molecule has 0 aliphatic carbocycles. The fourth-order valence-electron chi connectivity index (χ4n) is 1.13. The molecule has 0 saturated heterocycles. The van der Waals surface area contributed by atoms with Crippen molar-refractivity contribution in [1.82, 2.24) is 0 Å². The van der Waals surface area contributed by atoms with Crippen molar-refractivity contribution in [1.29, 1.82) is 0 Å². The zero-order valence-electron chi connectivity index (χ0n) is 7.61. The lowest BCUT2D eigenvalue weighted by molar-refractivity contribution is 0.484. The van der Waals surface area contributed by atoms with E-state index in [1.807, 2.05) is 0 Å². The molecule has 0 radical (unpaired) electrons. The SMILES string of the molecule is C=C(CC)CC(CC)CC. The summed E-state index contributed by atoms with van der Waals surface area (Å²) in [6.45, 7) is 10.7. The molecule has 60 valence electrons. The third-order valence-corrected chi connectivity index (χ3v) is 2.23. The molecule has 0 atom stereocenters. The van der Waals surface area contributed by atoms with Gasteiger partial charge in [-0.15, -0.1) is 0 Å². The highest BCUT2D eigenvalue weighted by atomic mass is 14.1. The van der Waals surface area contributed by atoms with Crippen molar-refractivity contribution in [3.63, 3.8) is 0 Å². The van der Waals surface area contributed by atoms with E-state index >= 15 is 0 Å². The second-order valence-corrected chi connectivity index (χ2v) is 2.99. The lowest BCUT2D eigenvalue weighted by Crippen LogP contribution is -1.97. The van der Waals surface area contributed by atoms with Gasteiger partial charge in [-0.25, -0.2) is 0 Å².